The van der Waals surface area contributed by atoms with Crippen molar-refractivity contribution >= 4 is 17.7 Å². The summed E-state index contributed by atoms with van der Waals surface area (Å²) in [6.45, 7) is -0.0904. The second kappa shape index (κ2) is 7.36. The Bertz CT molecular complexity index is 1090. The molecule has 0 spiro atoms. The first-order valence-corrected chi connectivity index (χ1v) is 9.55. The van der Waals surface area contributed by atoms with Crippen LogP contribution in [0.15, 0.2) is 29.1 Å². The Kier molecular flexibility index (Phi) is 4.94. The van der Waals surface area contributed by atoms with E-state index < -0.39 is 48.0 Å². The van der Waals surface area contributed by atoms with Crippen molar-refractivity contribution in [3.63, 3.8) is 0 Å². The molecule has 164 valence electrons. The van der Waals surface area contributed by atoms with E-state index in [9.17, 15) is 32.3 Å². The average Bonchev–Trinajstić information content (AvgIpc) is 3.17. The molecule has 0 saturated carbocycles. The van der Waals surface area contributed by atoms with Gasteiger partial charge in [0.15, 0.2) is 0 Å². The van der Waals surface area contributed by atoms with Crippen LogP contribution >= 0.6 is 0 Å². The van der Waals surface area contributed by atoms with Gasteiger partial charge in [0.1, 0.15) is 6.54 Å². The number of amides is 3. The van der Waals surface area contributed by atoms with E-state index in [4.69, 9.17) is 0 Å². The minimum absolute atomic E-state index is 0.164. The van der Waals surface area contributed by atoms with Crippen molar-refractivity contribution in [1.82, 2.24) is 24.1 Å². The average molecular weight is 437 g/mol. The normalized spacial score (nSPS) is 17.4. The van der Waals surface area contributed by atoms with Crippen LogP contribution in [0.3, 0.4) is 0 Å². The monoisotopic (exact) mass is 437 g/mol. The number of carbonyl (C=O) groups is 3. The third-order valence-electron chi connectivity index (χ3n) is 5.59. The molecule has 4 rings (SSSR count). The van der Waals surface area contributed by atoms with Gasteiger partial charge in [-0.2, -0.15) is 13.2 Å². The molecule has 1 aromatic heterocycles. The first-order valence-electron chi connectivity index (χ1n) is 9.55. The number of rotatable bonds is 3. The predicted octanol–water partition coefficient (Wildman–Crippen LogP) is 1.06. The molecule has 0 bridgehead atoms. The molecule has 0 N–H and O–H groups in total. The van der Waals surface area contributed by atoms with E-state index in [0.29, 0.717) is 4.57 Å². The molecule has 9 nitrogen and oxygen atoms in total. The van der Waals surface area contributed by atoms with E-state index in [2.05, 4.69) is 5.10 Å². The van der Waals surface area contributed by atoms with Crippen LogP contribution in [0.4, 0.5) is 13.2 Å². The van der Waals surface area contributed by atoms with Gasteiger partial charge >= 0.3 is 11.9 Å². The summed E-state index contributed by atoms with van der Waals surface area (Å²) in [4.78, 5) is 51.9. The SMILES string of the molecule is Cn1c(C(F)(F)F)nn(C2CCN(C(=O)CN3C(=O)c4ccccc4C3=O)CC2)c1=O. The lowest BCUT2D eigenvalue weighted by Gasteiger charge is -2.32. The molecule has 31 heavy (non-hydrogen) atoms. The van der Waals surface area contributed by atoms with Crippen LogP contribution in [-0.2, 0) is 18.0 Å². The van der Waals surface area contributed by atoms with Crippen molar-refractivity contribution in [3.05, 3.63) is 51.7 Å². The number of imide groups is 1. The maximum Gasteiger partial charge on any atom is 0.451 e. The molecule has 1 fully saturated rings. The smallest absolute Gasteiger partial charge is 0.341 e. The van der Waals surface area contributed by atoms with Gasteiger partial charge in [-0.05, 0) is 25.0 Å². The number of likely N-dealkylation sites (tertiary alicyclic amines) is 1. The fraction of sp³-hybridized carbons (Fsp3) is 0.421. The minimum atomic E-state index is -4.75. The fourth-order valence-electron chi connectivity index (χ4n) is 3.92. The van der Waals surface area contributed by atoms with Crippen LogP contribution in [0.5, 0.6) is 0 Å². The maximum absolute atomic E-state index is 13.0. The molecule has 12 heteroatoms. The molecule has 0 atom stereocenters. The second-order valence-corrected chi connectivity index (χ2v) is 7.46. The first kappa shape index (κ1) is 20.8. The Morgan fingerprint density at radius 1 is 1.06 bits per heavy atom. The molecule has 0 unspecified atom stereocenters. The van der Waals surface area contributed by atoms with Crippen molar-refractivity contribution in [2.24, 2.45) is 7.05 Å². The Morgan fingerprint density at radius 3 is 2.10 bits per heavy atom. The number of alkyl halides is 3. The van der Waals surface area contributed by atoms with Crippen LogP contribution in [-0.4, -0.2) is 61.5 Å². The van der Waals surface area contributed by atoms with Crippen molar-refractivity contribution in [2.75, 3.05) is 19.6 Å². The molecular weight excluding hydrogens is 419 g/mol. The summed E-state index contributed by atoms with van der Waals surface area (Å²) in [6.07, 6.45) is -4.30. The minimum Gasteiger partial charge on any atom is -0.341 e. The lowest BCUT2D eigenvalue weighted by molar-refractivity contribution is -0.147. The summed E-state index contributed by atoms with van der Waals surface area (Å²) in [5, 5.41) is 3.44. The summed E-state index contributed by atoms with van der Waals surface area (Å²) in [5.74, 6) is -2.80. The fourth-order valence-corrected chi connectivity index (χ4v) is 3.92. The van der Waals surface area contributed by atoms with E-state index >= 15 is 0 Å². The molecule has 0 radical (unpaired) electrons. The zero-order valence-electron chi connectivity index (χ0n) is 16.4. The number of fused-ring (bicyclic) bond motifs is 1. The number of benzene rings is 1. The Hall–Kier alpha value is -3.44. The summed E-state index contributed by atoms with van der Waals surface area (Å²) in [5.41, 5.74) is -0.383. The highest BCUT2D eigenvalue weighted by Crippen LogP contribution is 2.28. The molecule has 1 saturated heterocycles. The van der Waals surface area contributed by atoms with Crippen LogP contribution < -0.4 is 5.69 Å². The first-order chi connectivity index (χ1) is 14.6. The van der Waals surface area contributed by atoms with E-state index in [1.807, 2.05) is 0 Å². The zero-order valence-corrected chi connectivity index (χ0v) is 16.4. The standard InChI is InChI=1S/C19H18F3N5O4/c1-24-17(19(20,21)22)23-27(18(24)31)11-6-8-25(9-7-11)14(28)10-26-15(29)12-4-2-3-5-13(12)16(26)30/h2-5,11H,6-10H2,1H3. The van der Waals surface area contributed by atoms with E-state index in [1.54, 1.807) is 12.1 Å². The van der Waals surface area contributed by atoms with Gasteiger partial charge < -0.3 is 4.90 Å². The van der Waals surface area contributed by atoms with Crippen LogP contribution in [0.1, 0.15) is 45.4 Å². The lowest BCUT2D eigenvalue weighted by Crippen LogP contribution is -2.46. The number of hydrogen-bond donors (Lipinski definition) is 0. The van der Waals surface area contributed by atoms with Crippen LogP contribution in [0.2, 0.25) is 0 Å². The third-order valence-corrected chi connectivity index (χ3v) is 5.59. The number of nitrogens with zero attached hydrogens (tertiary/aromatic N) is 5. The van der Waals surface area contributed by atoms with Crippen LogP contribution in [0, 0.1) is 0 Å². The van der Waals surface area contributed by atoms with Crippen molar-refractivity contribution in [2.45, 2.75) is 25.1 Å². The largest absolute Gasteiger partial charge is 0.451 e. The van der Waals surface area contributed by atoms with Gasteiger partial charge in [0, 0.05) is 20.1 Å². The summed E-state index contributed by atoms with van der Waals surface area (Å²) in [6, 6.07) is 5.71. The van der Waals surface area contributed by atoms with Gasteiger partial charge in [0.05, 0.1) is 17.2 Å². The molecule has 2 aliphatic rings. The van der Waals surface area contributed by atoms with Gasteiger partial charge in [-0.1, -0.05) is 12.1 Å². The van der Waals surface area contributed by atoms with Gasteiger partial charge in [0.25, 0.3) is 11.8 Å². The maximum atomic E-state index is 13.0. The molecule has 1 aromatic carbocycles. The van der Waals surface area contributed by atoms with Crippen molar-refractivity contribution in [3.8, 4) is 0 Å². The highest BCUT2D eigenvalue weighted by molar-refractivity contribution is 6.22. The molecule has 0 aliphatic carbocycles. The van der Waals surface area contributed by atoms with Gasteiger partial charge in [0.2, 0.25) is 11.7 Å². The van der Waals surface area contributed by atoms with E-state index in [0.717, 1.165) is 16.6 Å². The number of carbonyl (C=O) groups excluding carboxylic acids is 3. The Morgan fingerprint density at radius 2 is 1.61 bits per heavy atom. The van der Waals surface area contributed by atoms with Crippen molar-refractivity contribution in [1.29, 1.82) is 0 Å². The topological polar surface area (TPSA) is 97.5 Å². The third kappa shape index (κ3) is 3.51. The molecule has 3 amide bonds. The van der Waals surface area contributed by atoms with E-state index in [-0.39, 0.29) is 37.1 Å². The predicted molar refractivity (Wildman–Crippen MR) is 99.1 cm³/mol. The number of aromatic nitrogens is 3. The van der Waals surface area contributed by atoms with E-state index in [1.165, 1.54) is 17.0 Å². The molecule has 2 aliphatic heterocycles. The molecule has 3 heterocycles. The number of piperidine rings is 1. The summed E-state index contributed by atoms with van der Waals surface area (Å²) < 4.78 is 40.2. The lowest BCUT2D eigenvalue weighted by atomic mass is 10.1. The highest BCUT2D eigenvalue weighted by atomic mass is 19.4. The zero-order chi connectivity index (χ0) is 22.5. The summed E-state index contributed by atoms with van der Waals surface area (Å²) in [7, 11) is 1.01. The van der Waals surface area contributed by atoms with Crippen molar-refractivity contribution < 1.29 is 27.6 Å². The Labute approximate surface area is 173 Å². The quantitative estimate of drug-likeness (QED) is 0.669. The Balaban J connectivity index is 1.41. The summed E-state index contributed by atoms with van der Waals surface area (Å²) >= 11 is 0. The number of halogens is 3. The van der Waals surface area contributed by atoms with Gasteiger partial charge in [-0.3, -0.25) is 23.9 Å². The molecular formula is C19H18F3N5O4. The van der Waals surface area contributed by atoms with Gasteiger partial charge in [-0.25, -0.2) is 9.48 Å². The number of hydrogen-bond acceptors (Lipinski definition) is 5. The second-order valence-electron chi connectivity index (χ2n) is 7.46. The molecule has 2 aromatic rings. The highest BCUT2D eigenvalue weighted by Gasteiger charge is 2.40. The van der Waals surface area contributed by atoms with Gasteiger partial charge in [-0.15, -0.1) is 5.10 Å². The van der Waals surface area contributed by atoms with Crippen LogP contribution in [0.25, 0.3) is 0 Å².